The van der Waals surface area contributed by atoms with E-state index in [0.29, 0.717) is 11.3 Å². The molecule has 1 saturated heterocycles. The van der Waals surface area contributed by atoms with Crippen LogP contribution in [-0.4, -0.2) is 39.4 Å². The fraction of sp³-hybridized carbons (Fsp3) is 0.370. The predicted octanol–water partition coefficient (Wildman–Crippen LogP) is 4.15. The van der Waals surface area contributed by atoms with Crippen LogP contribution in [0, 0.1) is 0 Å². The van der Waals surface area contributed by atoms with Crippen LogP contribution in [0.5, 0.6) is 0 Å². The van der Waals surface area contributed by atoms with Crippen molar-refractivity contribution >= 4 is 23.4 Å². The number of rotatable bonds is 9. The Morgan fingerprint density at radius 3 is 2.72 bits per heavy atom. The molecule has 4 heterocycles. The fourth-order valence-corrected chi connectivity index (χ4v) is 4.46. The normalized spacial score (nSPS) is 17.0. The number of esters is 1. The second kappa shape index (κ2) is 11.5. The molecule has 0 saturated carbocycles. The number of benzene rings is 1. The van der Waals surface area contributed by atoms with Crippen molar-refractivity contribution in [3.63, 3.8) is 0 Å². The number of hydrogen-bond donors (Lipinski definition) is 1. The zero-order chi connectivity index (χ0) is 27.4. The third kappa shape index (κ3) is 6.17. The van der Waals surface area contributed by atoms with Crippen LogP contribution >= 0.6 is 0 Å². The Hall–Kier alpha value is -4.45. The molecule has 204 valence electrons. The van der Waals surface area contributed by atoms with E-state index in [1.165, 1.54) is 6.33 Å². The summed E-state index contributed by atoms with van der Waals surface area (Å²) in [5, 5.41) is 6.91. The predicted molar refractivity (Wildman–Crippen MR) is 136 cm³/mol. The summed E-state index contributed by atoms with van der Waals surface area (Å²) >= 11 is 0. The van der Waals surface area contributed by atoms with Gasteiger partial charge in [-0.25, -0.2) is 19.1 Å². The molecule has 1 N–H and O–H groups in total. The Morgan fingerprint density at radius 2 is 1.92 bits per heavy atom. The van der Waals surface area contributed by atoms with Crippen LogP contribution in [0.25, 0.3) is 5.52 Å². The van der Waals surface area contributed by atoms with E-state index in [1.54, 1.807) is 10.6 Å². The highest BCUT2D eigenvalue weighted by Crippen LogP contribution is 2.34. The summed E-state index contributed by atoms with van der Waals surface area (Å²) in [4.78, 5) is 40.2. The Kier molecular flexibility index (Phi) is 7.73. The van der Waals surface area contributed by atoms with Crippen LogP contribution in [-0.2, 0) is 32.0 Å². The Bertz CT molecular complexity index is 1510. The quantitative estimate of drug-likeness (QED) is 0.309. The summed E-state index contributed by atoms with van der Waals surface area (Å²) in [6.45, 7) is 3.56. The second-order valence-corrected chi connectivity index (χ2v) is 9.43. The third-order valence-corrected chi connectivity index (χ3v) is 6.29. The van der Waals surface area contributed by atoms with E-state index in [1.807, 2.05) is 50.2 Å². The number of hydrogen-bond acceptors (Lipinski definition) is 10. The van der Waals surface area contributed by atoms with Gasteiger partial charge in [-0.15, -0.1) is 0 Å². The van der Waals surface area contributed by atoms with Crippen molar-refractivity contribution in [1.82, 2.24) is 14.6 Å². The first-order valence-electron chi connectivity index (χ1n) is 12.6. The maximum absolute atomic E-state index is 12.4. The molecule has 3 aromatic heterocycles. The lowest BCUT2D eigenvalue weighted by molar-refractivity contribution is -0.146. The van der Waals surface area contributed by atoms with Crippen LogP contribution in [0.15, 0.2) is 62.4 Å². The SMILES string of the molecule is CC(C)c1oc(=O)oc1COC(=O)Nc1ncnn2c([C@H]3CC[C@@H](COC(=O)Cc4ccccc4)O3)ccc12. The molecule has 12 heteroatoms. The molecule has 1 aromatic carbocycles. The van der Waals surface area contributed by atoms with Crippen molar-refractivity contribution in [3.8, 4) is 0 Å². The summed E-state index contributed by atoms with van der Waals surface area (Å²) in [7, 11) is 0. The van der Waals surface area contributed by atoms with Crippen LogP contribution in [0.2, 0.25) is 0 Å². The summed E-state index contributed by atoms with van der Waals surface area (Å²) < 4.78 is 28.4. The molecular formula is C27H28N4O8. The Labute approximate surface area is 222 Å². The Balaban J connectivity index is 1.17. The number of fused-ring (bicyclic) bond motifs is 1. The van der Waals surface area contributed by atoms with Gasteiger partial charge in [-0.3, -0.25) is 10.1 Å². The molecule has 2 atom stereocenters. The first kappa shape index (κ1) is 26.2. The lowest BCUT2D eigenvalue weighted by Crippen LogP contribution is -2.19. The van der Waals surface area contributed by atoms with Crippen LogP contribution in [0.3, 0.4) is 0 Å². The number of carbonyl (C=O) groups is 2. The van der Waals surface area contributed by atoms with E-state index < -0.39 is 11.9 Å². The maximum atomic E-state index is 12.4. The van der Waals surface area contributed by atoms with Crippen molar-refractivity contribution in [3.05, 3.63) is 82.2 Å². The zero-order valence-electron chi connectivity index (χ0n) is 21.5. The number of nitrogens with zero attached hydrogens (tertiary/aromatic N) is 3. The molecular weight excluding hydrogens is 508 g/mol. The average molecular weight is 537 g/mol. The van der Waals surface area contributed by atoms with E-state index in [4.69, 9.17) is 23.0 Å². The van der Waals surface area contributed by atoms with Gasteiger partial charge in [-0.1, -0.05) is 44.2 Å². The fourth-order valence-electron chi connectivity index (χ4n) is 4.46. The monoisotopic (exact) mass is 536 g/mol. The molecule has 0 radical (unpaired) electrons. The van der Waals surface area contributed by atoms with Gasteiger partial charge in [0.25, 0.3) is 0 Å². The van der Waals surface area contributed by atoms with Crippen molar-refractivity contribution < 1.29 is 32.6 Å². The maximum Gasteiger partial charge on any atom is 0.519 e. The molecule has 39 heavy (non-hydrogen) atoms. The van der Waals surface area contributed by atoms with Crippen molar-refractivity contribution in [2.45, 2.75) is 57.8 Å². The lowest BCUT2D eigenvalue weighted by Gasteiger charge is -2.14. The van der Waals surface area contributed by atoms with Gasteiger partial charge in [-0.2, -0.15) is 5.10 Å². The number of nitrogens with one attached hydrogen (secondary N) is 1. The second-order valence-electron chi connectivity index (χ2n) is 9.43. The van der Waals surface area contributed by atoms with Crippen molar-refractivity contribution in [1.29, 1.82) is 0 Å². The highest BCUT2D eigenvalue weighted by Gasteiger charge is 2.30. The van der Waals surface area contributed by atoms with Crippen LogP contribution in [0.1, 0.15) is 61.5 Å². The molecule has 1 fully saturated rings. The lowest BCUT2D eigenvalue weighted by atomic mass is 10.1. The van der Waals surface area contributed by atoms with Gasteiger partial charge in [0.05, 0.1) is 18.2 Å². The van der Waals surface area contributed by atoms with Gasteiger partial charge >= 0.3 is 17.9 Å². The van der Waals surface area contributed by atoms with E-state index >= 15 is 0 Å². The van der Waals surface area contributed by atoms with E-state index in [-0.39, 0.29) is 55.3 Å². The molecule has 0 unspecified atom stereocenters. The number of carbonyl (C=O) groups excluding carboxylic acids is 2. The minimum absolute atomic E-state index is 0.113. The summed E-state index contributed by atoms with van der Waals surface area (Å²) in [6.07, 6.45) is 1.69. The minimum Gasteiger partial charge on any atom is -0.463 e. The highest BCUT2D eigenvalue weighted by molar-refractivity contribution is 5.88. The standard InChI is InChI=1S/C27H28N4O8/c1-16(2)24-22(38-27(34)39-24)14-36-26(33)30-25-20-10-9-19(31(20)29-15-28-25)21-11-8-18(37-21)13-35-23(32)12-17-6-4-3-5-7-17/h3-7,9-10,15-16,18,21H,8,11-14H2,1-2H3,(H,28,29,30,33)/t18-,21+/m0/s1. The van der Waals surface area contributed by atoms with Gasteiger partial charge in [0.1, 0.15) is 24.6 Å². The van der Waals surface area contributed by atoms with Gasteiger partial charge in [0.2, 0.25) is 0 Å². The van der Waals surface area contributed by atoms with Crippen molar-refractivity contribution in [2.24, 2.45) is 0 Å². The molecule has 1 aliphatic heterocycles. The summed E-state index contributed by atoms with van der Waals surface area (Å²) in [6, 6.07) is 13.0. The molecule has 0 bridgehead atoms. The minimum atomic E-state index is -0.849. The van der Waals surface area contributed by atoms with Gasteiger partial charge in [-0.05, 0) is 30.5 Å². The van der Waals surface area contributed by atoms with Gasteiger partial charge in [0, 0.05) is 5.92 Å². The van der Waals surface area contributed by atoms with Gasteiger partial charge in [0.15, 0.2) is 23.9 Å². The zero-order valence-corrected chi connectivity index (χ0v) is 21.5. The first-order chi connectivity index (χ1) is 18.9. The average Bonchev–Trinajstić information content (AvgIpc) is 3.65. The molecule has 4 aromatic rings. The topological polar surface area (TPSA) is 147 Å². The Morgan fingerprint density at radius 1 is 1.10 bits per heavy atom. The number of aromatic nitrogens is 3. The van der Waals surface area contributed by atoms with Crippen molar-refractivity contribution in [2.75, 3.05) is 11.9 Å². The number of amides is 1. The highest BCUT2D eigenvalue weighted by atomic mass is 16.6. The first-order valence-corrected chi connectivity index (χ1v) is 12.6. The van der Waals surface area contributed by atoms with Crippen LogP contribution in [0.4, 0.5) is 10.6 Å². The molecule has 0 aliphatic carbocycles. The van der Waals surface area contributed by atoms with E-state index in [2.05, 4.69) is 15.4 Å². The van der Waals surface area contributed by atoms with Crippen LogP contribution < -0.4 is 11.1 Å². The smallest absolute Gasteiger partial charge is 0.463 e. The van der Waals surface area contributed by atoms with E-state index in [9.17, 15) is 14.4 Å². The molecule has 12 nitrogen and oxygen atoms in total. The van der Waals surface area contributed by atoms with E-state index in [0.717, 1.165) is 24.1 Å². The summed E-state index contributed by atoms with van der Waals surface area (Å²) in [5.74, 6) is -0.540. The molecule has 5 rings (SSSR count). The molecule has 0 spiro atoms. The number of ether oxygens (including phenoxy) is 3. The molecule has 1 aliphatic rings. The largest absolute Gasteiger partial charge is 0.519 e. The van der Waals surface area contributed by atoms with Gasteiger partial charge < -0.3 is 23.0 Å². The third-order valence-electron chi connectivity index (χ3n) is 6.29. The molecule has 1 amide bonds. The number of anilines is 1. The summed E-state index contributed by atoms with van der Waals surface area (Å²) in [5.41, 5.74) is 2.22.